The van der Waals surface area contributed by atoms with Gasteiger partial charge in [0.05, 0.1) is 12.2 Å². The van der Waals surface area contributed by atoms with Crippen molar-refractivity contribution < 1.29 is 13.2 Å². The van der Waals surface area contributed by atoms with E-state index in [4.69, 9.17) is 11.6 Å². The average molecular weight is 505 g/mol. The van der Waals surface area contributed by atoms with Crippen LogP contribution in [0.5, 0.6) is 0 Å². The van der Waals surface area contributed by atoms with Gasteiger partial charge < -0.3 is 9.80 Å². The van der Waals surface area contributed by atoms with Gasteiger partial charge in [0.1, 0.15) is 6.04 Å². The lowest BCUT2D eigenvalue weighted by Crippen LogP contribution is -2.73. The average Bonchev–Trinajstić information content (AvgIpc) is 3.06. The molecule has 2 fully saturated rings. The summed E-state index contributed by atoms with van der Waals surface area (Å²) in [6.07, 6.45) is -2.58. The first-order valence-corrected chi connectivity index (χ1v) is 11.8. The van der Waals surface area contributed by atoms with Gasteiger partial charge in [0.25, 0.3) is 0 Å². The Morgan fingerprint density at radius 2 is 1.77 bits per heavy atom. The van der Waals surface area contributed by atoms with Crippen molar-refractivity contribution in [1.82, 2.24) is 29.6 Å². The smallest absolute Gasteiger partial charge is 0.339 e. The van der Waals surface area contributed by atoms with Crippen LogP contribution in [-0.2, 0) is 13.1 Å². The van der Waals surface area contributed by atoms with Crippen LogP contribution in [0, 0.1) is 12.3 Å². The number of halogens is 4. The molecule has 3 aliphatic rings. The van der Waals surface area contributed by atoms with Crippen molar-refractivity contribution in [2.75, 3.05) is 36.0 Å². The van der Waals surface area contributed by atoms with Gasteiger partial charge in [0.15, 0.2) is 5.82 Å². The standard InChI is InChI=1S/C23H24ClF3N8/c1-14-5-6-28-20(29-14)33-10-22(11-33)12-34(13-22)21-31-30-19-9-32(15(2)23(25,26)27)8-16-7-17(24)3-4-18(16)35(19)21/h3-7,15H,8-13H2,1-2H3. The molecule has 1 aromatic carbocycles. The number of anilines is 2. The van der Waals surface area contributed by atoms with Gasteiger partial charge in [-0.1, -0.05) is 11.6 Å². The molecule has 5 heterocycles. The lowest BCUT2D eigenvalue weighted by atomic mass is 9.73. The van der Waals surface area contributed by atoms with E-state index >= 15 is 0 Å². The van der Waals surface area contributed by atoms with Gasteiger partial charge >= 0.3 is 6.18 Å². The zero-order valence-corrected chi connectivity index (χ0v) is 20.1. The van der Waals surface area contributed by atoms with E-state index in [0.29, 0.717) is 16.8 Å². The maximum absolute atomic E-state index is 13.6. The molecule has 8 nitrogen and oxygen atoms in total. The number of rotatable bonds is 3. The van der Waals surface area contributed by atoms with E-state index in [2.05, 4.69) is 30.0 Å². The first kappa shape index (κ1) is 22.5. The molecule has 12 heteroatoms. The maximum atomic E-state index is 13.6. The Morgan fingerprint density at radius 1 is 1.03 bits per heavy atom. The second-order valence-electron chi connectivity index (χ2n) is 9.86. The molecular weight excluding hydrogens is 481 g/mol. The largest absolute Gasteiger partial charge is 0.403 e. The van der Waals surface area contributed by atoms with Crippen molar-refractivity contribution in [1.29, 1.82) is 0 Å². The number of aryl methyl sites for hydroxylation is 1. The van der Waals surface area contributed by atoms with Crippen molar-refractivity contribution in [3.8, 4) is 5.69 Å². The Bertz CT molecular complexity index is 1280. The fraction of sp³-hybridized carbons (Fsp3) is 0.478. The monoisotopic (exact) mass is 504 g/mol. The fourth-order valence-corrected chi connectivity index (χ4v) is 5.49. The van der Waals surface area contributed by atoms with Crippen LogP contribution in [-0.4, -0.2) is 68.0 Å². The molecule has 3 aromatic rings. The highest BCUT2D eigenvalue weighted by Crippen LogP contribution is 2.44. The van der Waals surface area contributed by atoms with Gasteiger partial charge in [-0.2, -0.15) is 13.2 Å². The van der Waals surface area contributed by atoms with E-state index < -0.39 is 12.2 Å². The molecule has 0 bridgehead atoms. The van der Waals surface area contributed by atoms with Gasteiger partial charge in [0.2, 0.25) is 11.9 Å². The minimum absolute atomic E-state index is 0.0391. The van der Waals surface area contributed by atoms with Crippen molar-refractivity contribution in [2.24, 2.45) is 5.41 Å². The molecule has 35 heavy (non-hydrogen) atoms. The summed E-state index contributed by atoms with van der Waals surface area (Å²) < 4.78 is 42.6. The molecule has 0 N–H and O–H groups in total. The lowest BCUT2D eigenvalue weighted by Gasteiger charge is -2.60. The molecule has 6 rings (SSSR count). The molecule has 1 unspecified atom stereocenters. The molecule has 0 aliphatic carbocycles. The summed E-state index contributed by atoms with van der Waals surface area (Å²) in [5, 5.41) is 9.21. The summed E-state index contributed by atoms with van der Waals surface area (Å²) in [7, 11) is 0. The second kappa shape index (κ2) is 7.79. The van der Waals surface area contributed by atoms with Crippen LogP contribution >= 0.6 is 11.6 Å². The van der Waals surface area contributed by atoms with E-state index in [1.807, 2.05) is 23.6 Å². The molecular formula is C23H24ClF3N8. The van der Waals surface area contributed by atoms with E-state index in [9.17, 15) is 13.2 Å². The molecule has 2 aromatic heterocycles. The van der Waals surface area contributed by atoms with Crippen molar-refractivity contribution >= 4 is 23.5 Å². The number of fused-ring (bicyclic) bond motifs is 3. The summed E-state index contributed by atoms with van der Waals surface area (Å²) >= 11 is 6.22. The normalized spacial score (nSPS) is 20.1. The molecule has 0 radical (unpaired) electrons. The molecule has 1 atom stereocenters. The first-order chi connectivity index (χ1) is 16.6. The number of nitrogens with zero attached hydrogens (tertiary/aromatic N) is 8. The zero-order valence-electron chi connectivity index (χ0n) is 19.3. The SMILES string of the molecule is Cc1ccnc(N2CC3(C2)CN(c2nnc4n2-c2ccc(Cl)cc2CN(C(C)C(F)(F)F)C4)C3)n1. The Morgan fingerprint density at radius 3 is 2.49 bits per heavy atom. The topological polar surface area (TPSA) is 66.2 Å². The van der Waals surface area contributed by atoms with E-state index in [0.717, 1.165) is 49.1 Å². The summed E-state index contributed by atoms with van der Waals surface area (Å²) in [6, 6.07) is 5.57. The first-order valence-electron chi connectivity index (χ1n) is 11.5. The molecule has 184 valence electrons. The highest BCUT2D eigenvalue weighted by molar-refractivity contribution is 6.30. The van der Waals surface area contributed by atoms with Crippen LogP contribution in [0.3, 0.4) is 0 Å². The Balaban J connectivity index is 1.26. The van der Waals surface area contributed by atoms with Crippen LogP contribution in [0.1, 0.15) is 24.0 Å². The van der Waals surface area contributed by atoms with Gasteiger partial charge in [-0.25, -0.2) is 9.97 Å². The van der Waals surface area contributed by atoms with Gasteiger partial charge in [0, 0.05) is 55.1 Å². The summed E-state index contributed by atoms with van der Waals surface area (Å²) in [6.45, 7) is 6.58. The van der Waals surface area contributed by atoms with Crippen LogP contribution < -0.4 is 9.80 Å². The van der Waals surface area contributed by atoms with E-state index in [1.54, 1.807) is 18.3 Å². The second-order valence-corrected chi connectivity index (χ2v) is 10.3. The van der Waals surface area contributed by atoms with Gasteiger partial charge in [-0.05, 0) is 43.7 Å². The molecule has 1 spiro atoms. The van der Waals surface area contributed by atoms with E-state index in [1.165, 1.54) is 11.8 Å². The predicted molar refractivity (Wildman–Crippen MR) is 125 cm³/mol. The quantitative estimate of drug-likeness (QED) is 0.540. The summed E-state index contributed by atoms with van der Waals surface area (Å²) in [5.41, 5.74) is 2.55. The van der Waals surface area contributed by atoms with Crippen molar-refractivity contribution in [3.63, 3.8) is 0 Å². The highest BCUT2D eigenvalue weighted by Gasteiger charge is 2.54. The van der Waals surface area contributed by atoms with Crippen LogP contribution in [0.15, 0.2) is 30.5 Å². The minimum atomic E-state index is -4.35. The van der Waals surface area contributed by atoms with E-state index in [-0.39, 0.29) is 18.5 Å². The Labute approximate surface area is 205 Å². The van der Waals surface area contributed by atoms with Gasteiger partial charge in [-0.3, -0.25) is 9.47 Å². The van der Waals surface area contributed by atoms with Crippen LogP contribution in [0.25, 0.3) is 5.69 Å². The Hall–Kier alpha value is -2.92. The van der Waals surface area contributed by atoms with Crippen LogP contribution in [0.2, 0.25) is 5.02 Å². The number of hydrogen-bond donors (Lipinski definition) is 0. The number of benzene rings is 1. The predicted octanol–water partition coefficient (Wildman–Crippen LogP) is 3.61. The lowest BCUT2D eigenvalue weighted by molar-refractivity contribution is -0.182. The van der Waals surface area contributed by atoms with Gasteiger partial charge in [-0.15, -0.1) is 10.2 Å². The fourth-order valence-electron chi connectivity index (χ4n) is 5.29. The van der Waals surface area contributed by atoms with Crippen molar-refractivity contribution in [3.05, 3.63) is 52.6 Å². The third-order valence-corrected chi connectivity index (χ3v) is 7.42. The number of alkyl halides is 3. The highest BCUT2D eigenvalue weighted by atomic mass is 35.5. The Kier molecular flexibility index (Phi) is 5.02. The summed E-state index contributed by atoms with van der Waals surface area (Å²) in [5.74, 6) is 1.89. The van der Waals surface area contributed by atoms with Crippen molar-refractivity contribution in [2.45, 2.75) is 39.2 Å². The third kappa shape index (κ3) is 3.81. The third-order valence-electron chi connectivity index (χ3n) is 7.19. The molecule has 2 saturated heterocycles. The van der Waals surface area contributed by atoms with Crippen LogP contribution in [0.4, 0.5) is 25.1 Å². The summed E-state index contributed by atoms with van der Waals surface area (Å²) in [4.78, 5) is 14.6. The maximum Gasteiger partial charge on any atom is 0.403 e. The molecule has 0 saturated carbocycles. The zero-order chi connectivity index (χ0) is 24.5. The minimum Gasteiger partial charge on any atom is -0.339 e. The molecule has 3 aliphatic heterocycles. The number of aromatic nitrogens is 5. The molecule has 0 amide bonds. The number of hydrogen-bond acceptors (Lipinski definition) is 7.